The van der Waals surface area contributed by atoms with Crippen LogP contribution in [0.5, 0.6) is 5.75 Å². The summed E-state index contributed by atoms with van der Waals surface area (Å²) >= 11 is 0. The average Bonchev–Trinajstić information content (AvgIpc) is 3.15. The Balaban J connectivity index is 0.975. The number of urea groups is 1. The van der Waals surface area contributed by atoms with Crippen molar-refractivity contribution in [2.75, 3.05) is 51.3 Å². The Morgan fingerprint density at radius 3 is 2.17 bits per heavy atom. The van der Waals surface area contributed by atoms with Crippen molar-refractivity contribution in [3.63, 3.8) is 0 Å². The number of nitrogens with zero attached hydrogens (tertiary/aromatic N) is 4. The predicted molar refractivity (Wildman–Crippen MR) is 197 cm³/mol. The molecular weight excluding hydrogens is 684 g/mol. The highest BCUT2D eigenvalue weighted by molar-refractivity contribution is 6.07. The summed E-state index contributed by atoms with van der Waals surface area (Å²) in [5.74, 6) is -1.19. The molecule has 3 aliphatic rings. The summed E-state index contributed by atoms with van der Waals surface area (Å²) in [4.78, 5) is 55.7. The number of aryl methyl sites for hydroxylation is 1. The zero-order valence-corrected chi connectivity index (χ0v) is 31.0. The average molecular weight is 734 g/mol. The van der Waals surface area contributed by atoms with Crippen molar-refractivity contribution >= 4 is 23.5 Å². The molecule has 0 radical (unpaired) electrons. The molecule has 0 spiro atoms. The molecule has 0 aliphatic carbocycles. The molecular formula is C40H49F2N5O6. The molecule has 3 aliphatic heterocycles. The molecule has 0 atom stereocenters. The maximum Gasteiger partial charge on any atom is 0.328 e. The number of nitrogens with one attached hydrogen (secondary N) is 1. The number of carbonyl (C=O) groups is 3. The number of aromatic nitrogens is 1. The highest BCUT2D eigenvalue weighted by Crippen LogP contribution is 2.32. The Labute approximate surface area is 308 Å². The number of ether oxygens (including phenoxy) is 2. The second-order valence-electron chi connectivity index (χ2n) is 14.3. The highest BCUT2D eigenvalue weighted by Gasteiger charge is 2.31. The van der Waals surface area contributed by atoms with Gasteiger partial charge in [0.05, 0.1) is 25.0 Å². The quantitative estimate of drug-likeness (QED) is 0.273. The van der Waals surface area contributed by atoms with Crippen LogP contribution >= 0.6 is 0 Å². The van der Waals surface area contributed by atoms with Crippen LogP contribution < -0.4 is 20.5 Å². The van der Waals surface area contributed by atoms with Gasteiger partial charge in [-0.15, -0.1) is 0 Å². The zero-order chi connectivity index (χ0) is 37.8. The minimum atomic E-state index is -0.576. The van der Waals surface area contributed by atoms with Crippen LogP contribution in [0.2, 0.25) is 0 Å². The van der Waals surface area contributed by atoms with Crippen LogP contribution in [0.15, 0.2) is 41.3 Å². The third kappa shape index (κ3) is 8.46. The number of imide groups is 1. The Morgan fingerprint density at radius 2 is 1.55 bits per heavy atom. The lowest BCUT2D eigenvalue weighted by Crippen LogP contribution is -2.49. The summed E-state index contributed by atoms with van der Waals surface area (Å²) in [6.45, 7) is 9.44. The van der Waals surface area contributed by atoms with Crippen molar-refractivity contribution in [1.82, 2.24) is 19.7 Å². The van der Waals surface area contributed by atoms with Gasteiger partial charge < -0.3 is 23.8 Å². The lowest BCUT2D eigenvalue weighted by molar-refractivity contribution is -0.120. The molecule has 13 heteroatoms. The smallest absolute Gasteiger partial charge is 0.328 e. The molecule has 3 fully saturated rings. The van der Waals surface area contributed by atoms with Crippen LogP contribution in [0.1, 0.15) is 72.5 Å². The summed E-state index contributed by atoms with van der Waals surface area (Å²) in [5.41, 5.74) is 3.28. The van der Waals surface area contributed by atoms with E-state index in [2.05, 4.69) is 10.2 Å². The minimum Gasteiger partial charge on any atom is -0.495 e. The van der Waals surface area contributed by atoms with Gasteiger partial charge in [0.1, 0.15) is 17.4 Å². The summed E-state index contributed by atoms with van der Waals surface area (Å²) in [5, 5.41) is 2.31. The number of hydrogen-bond acceptors (Lipinski definition) is 7. The van der Waals surface area contributed by atoms with E-state index in [0.29, 0.717) is 72.7 Å². The normalized spacial score (nSPS) is 17.7. The third-order valence-electron chi connectivity index (χ3n) is 10.8. The molecule has 0 bridgehead atoms. The van der Waals surface area contributed by atoms with Crippen LogP contribution in [-0.4, -0.2) is 90.8 Å². The first kappa shape index (κ1) is 38.1. The van der Waals surface area contributed by atoms with Crippen molar-refractivity contribution in [3.8, 4) is 16.9 Å². The van der Waals surface area contributed by atoms with Gasteiger partial charge in [-0.2, -0.15) is 0 Å². The van der Waals surface area contributed by atoms with Crippen molar-refractivity contribution in [1.29, 1.82) is 0 Å². The van der Waals surface area contributed by atoms with E-state index in [0.717, 1.165) is 37.9 Å². The molecule has 11 nitrogen and oxygen atoms in total. The second kappa shape index (κ2) is 16.6. The Bertz CT molecular complexity index is 1890. The molecule has 0 saturated carbocycles. The van der Waals surface area contributed by atoms with Gasteiger partial charge in [0, 0.05) is 80.7 Å². The fourth-order valence-electron chi connectivity index (χ4n) is 7.60. The molecule has 53 heavy (non-hydrogen) atoms. The molecule has 4 amide bonds. The first-order valence-corrected chi connectivity index (χ1v) is 18.6. The van der Waals surface area contributed by atoms with E-state index in [9.17, 15) is 19.2 Å². The van der Waals surface area contributed by atoms with E-state index in [1.54, 1.807) is 40.8 Å². The molecule has 1 aromatic heterocycles. The Hall–Kier alpha value is -4.62. The van der Waals surface area contributed by atoms with Gasteiger partial charge in [0.15, 0.2) is 0 Å². The SMILES string of the molecule is CCCn1cc(-c2cc(F)c(CCN3CCC(OC4CCN(C(=O)c5ccc(OC)c(N6CCC(=O)NC6=O)c5)CC4)CC3)c(F)c2)c(C)c(C)c1=O. The van der Waals surface area contributed by atoms with E-state index in [-0.39, 0.29) is 54.5 Å². The van der Waals surface area contributed by atoms with E-state index in [1.807, 2.05) is 13.8 Å². The molecule has 6 rings (SSSR count). The number of pyridine rings is 1. The molecule has 0 unspecified atom stereocenters. The number of benzene rings is 2. The number of anilines is 1. The molecule has 2 aromatic carbocycles. The van der Waals surface area contributed by atoms with Gasteiger partial charge in [-0.25, -0.2) is 13.6 Å². The number of methoxy groups -OCH3 is 1. The maximum atomic E-state index is 15.4. The van der Waals surface area contributed by atoms with Gasteiger partial charge in [-0.1, -0.05) is 6.92 Å². The summed E-state index contributed by atoms with van der Waals surface area (Å²) < 4.78 is 44.2. The van der Waals surface area contributed by atoms with Gasteiger partial charge >= 0.3 is 6.03 Å². The van der Waals surface area contributed by atoms with Crippen molar-refractivity contribution in [3.05, 3.63) is 80.8 Å². The molecule has 3 saturated heterocycles. The molecule has 284 valence electrons. The highest BCUT2D eigenvalue weighted by atomic mass is 19.1. The molecule has 4 heterocycles. The van der Waals surface area contributed by atoms with Gasteiger partial charge in [0.2, 0.25) is 5.91 Å². The van der Waals surface area contributed by atoms with E-state index in [1.165, 1.54) is 24.1 Å². The number of halogens is 2. The first-order chi connectivity index (χ1) is 25.5. The Morgan fingerprint density at radius 1 is 0.887 bits per heavy atom. The van der Waals surface area contributed by atoms with Gasteiger partial charge in [0.25, 0.3) is 11.5 Å². The summed E-state index contributed by atoms with van der Waals surface area (Å²) in [6.07, 6.45) is 6.07. The summed E-state index contributed by atoms with van der Waals surface area (Å²) in [7, 11) is 1.49. The standard InChI is InChI=1S/C40H49F2N5O6/c1-5-14-46-24-32(25(2)26(3)38(46)49)28-21-33(41)31(34(42)22-28)12-17-44-15-8-29(9-16-44)53-30-10-18-45(19-11-30)39(50)27-6-7-36(52-4)35(23-27)47-20-13-37(48)43-40(47)51/h6-7,21-24,29-30H,5,8-20H2,1-4H3,(H,43,48,51). The number of likely N-dealkylation sites (tertiary alicyclic amines) is 2. The van der Waals surface area contributed by atoms with Crippen LogP contribution in [0.3, 0.4) is 0 Å². The van der Waals surface area contributed by atoms with Crippen LogP contribution in [-0.2, 0) is 22.5 Å². The Kier molecular flexibility index (Phi) is 11.9. The number of rotatable bonds is 11. The zero-order valence-electron chi connectivity index (χ0n) is 31.0. The van der Waals surface area contributed by atoms with Gasteiger partial charge in [-0.3, -0.25) is 24.6 Å². The second-order valence-corrected chi connectivity index (χ2v) is 14.3. The maximum absolute atomic E-state index is 15.4. The van der Waals surface area contributed by atoms with E-state index < -0.39 is 17.7 Å². The molecule has 1 N–H and O–H groups in total. The van der Waals surface area contributed by atoms with Crippen LogP contribution in [0.4, 0.5) is 19.3 Å². The van der Waals surface area contributed by atoms with Crippen molar-refractivity contribution < 1.29 is 32.6 Å². The fourth-order valence-corrected chi connectivity index (χ4v) is 7.60. The third-order valence-corrected chi connectivity index (χ3v) is 10.8. The lowest BCUT2D eigenvalue weighted by atomic mass is 9.97. The van der Waals surface area contributed by atoms with Crippen LogP contribution in [0, 0.1) is 25.5 Å². The lowest BCUT2D eigenvalue weighted by Gasteiger charge is -2.37. The van der Waals surface area contributed by atoms with E-state index >= 15 is 8.78 Å². The van der Waals surface area contributed by atoms with Crippen LogP contribution in [0.25, 0.3) is 11.1 Å². The monoisotopic (exact) mass is 733 g/mol. The number of carbonyl (C=O) groups excluding carboxylic acids is 3. The number of piperidine rings is 2. The van der Waals surface area contributed by atoms with Gasteiger partial charge in [-0.05, 0) is 93.8 Å². The predicted octanol–water partition coefficient (Wildman–Crippen LogP) is 5.60. The largest absolute Gasteiger partial charge is 0.495 e. The molecule has 3 aromatic rings. The van der Waals surface area contributed by atoms with Crippen molar-refractivity contribution in [2.24, 2.45) is 0 Å². The number of hydrogen-bond donors (Lipinski definition) is 1. The minimum absolute atomic E-state index is 0.0343. The first-order valence-electron chi connectivity index (χ1n) is 18.6. The van der Waals surface area contributed by atoms with Crippen molar-refractivity contribution in [2.45, 2.75) is 84.5 Å². The number of amides is 4. The summed E-state index contributed by atoms with van der Waals surface area (Å²) in [6, 6.07) is 7.21. The topological polar surface area (TPSA) is 113 Å². The fraction of sp³-hybridized carbons (Fsp3) is 0.500. The van der Waals surface area contributed by atoms with E-state index in [4.69, 9.17) is 9.47 Å².